The third-order valence-corrected chi connectivity index (χ3v) is 4.28. The van der Waals surface area contributed by atoms with Gasteiger partial charge in [0.2, 0.25) is 5.91 Å². The molecule has 5 nitrogen and oxygen atoms in total. The molecule has 1 amide bonds. The second-order valence-corrected chi connectivity index (χ2v) is 5.76. The molecular weight excluding hydrogens is 297 g/mol. The minimum Gasteiger partial charge on any atom is -0.494 e. The Hall–Kier alpha value is -2.37. The smallest absolute Gasteiger partial charge is 0.227 e. The number of halogens is 1. The van der Waals surface area contributed by atoms with Crippen LogP contribution in [0.4, 0.5) is 4.39 Å². The van der Waals surface area contributed by atoms with E-state index in [9.17, 15) is 9.18 Å². The van der Waals surface area contributed by atoms with Crippen LogP contribution >= 0.6 is 0 Å². The zero-order chi connectivity index (χ0) is 16.2. The summed E-state index contributed by atoms with van der Waals surface area (Å²) in [4.78, 5) is 14.6. The third-order valence-electron chi connectivity index (χ3n) is 4.28. The highest BCUT2D eigenvalue weighted by molar-refractivity contribution is 5.79. The van der Waals surface area contributed by atoms with Crippen LogP contribution in [0.25, 0.3) is 0 Å². The molecule has 3 rings (SSSR count). The van der Waals surface area contributed by atoms with Gasteiger partial charge in [0.15, 0.2) is 11.6 Å². The van der Waals surface area contributed by atoms with Crippen molar-refractivity contribution in [1.29, 1.82) is 0 Å². The van der Waals surface area contributed by atoms with E-state index in [1.165, 1.54) is 13.2 Å². The zero-order valence-corrected chi connectivity index (χ0v) is 13.1. The number of nitrogens with zero attached hydrogens (tertiary/aromatic N) is 2. The molecule has 6 heteroatoms. The van der Waals surface area contributed by atoms with Crippen LogP contribution < -0.4 is 4.74 Å². The lowest BCUT2D eigenvalue weighted by Crippen LogP contribution is -2.39. The van der Waals surface area contributed by atoms with Crippen molar-refractivity contribution in [1.82, 2.24) is 15.1 Å². The standard InChI is InChI=1S/C17H20FN3O2/c1-23-16-6-5-12(10-13(16)18)11-17(22)21-9-3-2-4-15(21)14-7-8-19-20-14/h5-8,10,15H,2-4,9,11H2,1H3,(H,19,20)/t15-/m0/s1. The number of piperidine rings is 1. The summed E-state index contributed by atoms with van der Waals surface area (Å²) in [5.41, 5.74) is 1.61. The van der Waals surface area contributed by atoms with Crippen LogP contribution in [-0.4, -0.2) is 34.7 Å². The van der Waals surface area contributed by atoms with Crippen LogP contribution in [0.3, 0.4) is 0 Å². The molecule has 0 aliphatic carbocycles. The fraction of sp³-hybridized carbons (Fsp3) is 0.412. The maximum atomic E-state index is 13.8. The summed E-state index contributed by atoms with van der Waals surface area (Å²) in [6, 6.07) is 6.59. The van der Waals surface area contributed by atoms with E-state index >= 15 is 0 Å². The van der Waals surface area contributed by atoms with Gasteiger partial charge < -0.3 is 9.64 Å². The van der Waals surface area contributed by atoms with Crippen molar-refractivity contribution in [3.8, 4) is 5.75 Å². The maximum absolute atomic E-state index is 13.8. The Kier molecular flexibility index (Phi) is 4.60. The molecule has 0 saturated carbocycles. The zero-order valence-electron chi connectivity index (χ0n) is 13.1. The van der Waals surface area contributed by atoms with Gasteiger partial charge in [-0.25, -0.2) is 4.39 Å². The molecular formula is C17H20FN3O2. The van der Waals surface area contributed by atoms with Gasteiger partial charge >= 0.3 is 0 Å². The van der Waals surface area contributed by atoms with Crippen LogP contribution in [0.2, 0.25) is 0 Å². The van der Waals surface area contributed by atoms with Crippen molar-refractivity contribution in [3.63, 3.8) is 0 Å². The highest BCUT2D eigenvalue weighted by Gasteiger charge is 2.28. The van der Waals surface area contributed by atoms with Crippen LogP contribution in [-0.2, 0) is 11.2 Å². The Morgan fingerprint density at radius 3 is 3.00 bits per heavy atom. The van der Waals surface area contributed by atoms with E-state index in [-0.39, 0.29) is 24.1 Å². The fourth-order valence-electron chi connectivity index (χ4n) is 3.10. The second kappa shape index (κ2) is 6.81. The third kappa shape index (κ3) is 3.36. The van der Waals surface area contributed by atoms with Gasteiger partial charge in [-0.3, -0.25) is 9.89 Å². The predicted molar refractivity (Wildman–Crippen MR) is 83.5 cm³/mol. The van der Waals surface area contributed by atoms with Crippen LogP contribution in [0.1, 0.15) is 36.6 Å². The molecule has 0 bridgehead atoms. The molecule has 0 spiro atoms. The van der Waals surface area contributed by atoms with Crippen LogP contribution in [0.5, 0.6) is 5.75 Å². The van der Waals surface area contributed by atoms with Gasteiger partial charge in [0, 0.05) is 12.7 Å². The van der Waals surface area contributed by atoms with Gasteiger partial charge in [0.1, 0.15) is 0 Å². The fourth-order valence-corrected chi connectivity index (χ4v) is 3.10. The first-order valence-electron chi connectivity index (χ1n) is 7.80. The molecule has 122 valence electrons. The van der Waals surface area contributed by atoms with Gasteiger partial charge in [-0.15, -0.1) is 0 Å². The lowest BCUT2D eigenvalue weighted by molar-refractivity contribution is -0.134. The number of nitrogens with one attached hydrogen (secondary N) is 1. The first-order valence-corrected chi connectivity index (χ1v) is 7.80. The molecule has 2 heterocycles. The molecule has 1 saturated heterocycles. The Morgan fingerprint density at radius 2 is 2.30 bits per heavy atom. The topological polar surface area (TPSA) is 58.2 Å². The van der Waals surface area contributed by atoms with E-state index in [2.05, 4.69) is 10.2 Å². The number of hydrogen-bond acceptors (Lipinski definition) is 3. The van der Waals surface area contributed by atoms with Gasteiger partial charge in [0.05, 0.1) is 25.3 Å². The van der Waals surface area contributed by atoms with E-state index in [0.29, 0.717) is 5.56 Å². The first kappa shape index (κ1) is 15.5. The molecule has 23 heavy (non-hydrogen) atoms. The lowest BCUT2D eigenvalue weighted by Gasteiger charge is -2.35. The molecule has 1 aromatic carbocycles. The monoisotopic (exact) mass is 317 g/mol. The number of aromatic nitrogens is 2. The van der Waals surface area contributed by atoms with Crippen molar-refractivity contribution in [2.24, 2.45) is 0 Å². The number of carbonyl (C=O) groups is 1. The number of aromatic amines is 1. The summed E-state index contributed by atoms with van der Waals surface area (Å²) < 4.78 is 18.7. The maximum Gasteiger partial charge on any atom is 0.227 e. The highest BCUT2D eigenvalue weighted by Crippen LogP contribution is 2.30. The number of amides is 1. The van der Waals surface area contributed by atoms with Gasteiger partial charge in [-0.05, 0) is 43.0 Å². The van der Waals surface area contributed by atoms with Gasteiger partial charge in [-0.2, -0.15) is 5.10 Å². The number of rotatable bonds is 4. The Balaban J connectivity index is 1.74. The molecule has 1 atom stereocenters. The average Bonchev–Trinajstić information content (AvgIpc) is 3.09. The minimum absolute atomic E-state index is 0.00821. The molecule has 1 aliphatic rings. The van der Waals surface area contributed by atoms with E-state index < -0.39 is 5.82 Å². The first-order chi connectivity index (χ1) is 11.2. The number of likely N-dealkylation sites (tertiary alicyclic amines) is 1. The number of carbonyl (C=O) groups excluding carboxylic acids is 1. The molecule has 0 radical (unpaired) electrons. The summed E-state index contributed by atoms with van der Waals surface area (Å²) in [6.07, 6.45) is 4.89. The van der Waals surface area contributed by atoms with E-state index in [0.717, 1.165) is 31.5 Å². The Bertz CT molecular complexity index is 672. The number of ether oxygens (including phenoxy) is 1. The average molecular weight is 317 g/mol. The number of benzene rings is 1. The van der Waals surface area contributed by atoms with Crippen molar-refractivity contribution in [2.45, 2.75) is 31.7 Å². The number of H-pyrrole nitrogens is 1. The van der Waals surface area contributed by atoms with Crippen molar-refractivity contribution >= 4 is 5.91 Å². The molecule has 0 unspecified atom stereocenters. The summed E-state index contributed by atoms with van der Waals surface area (Å²) >= 11 is 0. The molecule has 1 aliphatic heterocycles. The van der Waals surface area contributed by atoms with Crippen molar-refractivity contribution < 1.29 is 13.9 Å². The summed E-state index contributed by atoms with van der Waals surface area (Å²) in [5.74, 6) is -0.245. The number of hydrogen-bond donors (Lipinski definition) is 1. The highest BCUT2D eigenvalue weighted by atomic mass is 19.1. The molecule has 1 fully saturated rings. The molecule has 1 aromatic heterocycles. The second-order valence-electron chi connectivity index (χ2n) is 5.76. The Labute approximate surface area is 134 Å². The lowest BCUT2D eigenvalue weighted by atomic mass is 9.98. The predicted octanol–water partition coefficient (Wildman–Crippen LogP) is 2.85. The molecule has 2 aromatic rings. The quantitative estimate of drug-likeness (QED) is 0.943. The largest absolute Gasteiger partial charge is 0.494 e. The van der Waals surface area contributed by atoms with E-state index in [1.807, 2.05) is 11.0 Å². The normalized spacial score (nSPS) is 18.0. The Morgan fingerprint density at radius 1 is 1.43 bits per heavy atom. The minimum atomic E-state index is -0.443. The summed E-state index contributed by atoms with van der Waals surface area (Å²) in [7, 11) is 1.42. The van der Waals surface area contributed by atoms with Crippen molar-refractivity contribution in [2.75, 3.05) is 13.7 Å². The van der Waals surface area contributed by atoms with Crippen LogP contribution in [0, 0.1) is 5.82 Å². The van der Waals surface area contributed by atoms with E-state index in [1.54, 1.807) is 18.3 Å². The van der Waals surface area contributed by atoms with Gasteiger partial charge in [0.25, 0.3) is 0 Å². The van der Waals surface area contributed by atoms with Gasteiger partial charge in [-0.1, -0.05) is 6.07 Å². The van der Waals surface area contributed by atoms with E-state index in [4.69, 9.17) is 4.74 Å². The van der Waals surface area contributed by atoms with Crippen molar-refractivity contribution in [3.05, 3.63) is 47.5 Å². The summed E-state index contributed by atoms with van der Waals surface area (Å²) in [6.45, 7) is 0.723. The SMILES string of the molecule is COc1ccc(CC(=O)N2CCCC[C@H]2c2ccn[nH]2)cc1F. The van der Waals surface area contributed by atoms with Crippen LogP contribution in [0.15, 0.2) is 30.5 Å². The molecule has 1 N–H and O–H groups in total. The number of methoxy groups -OCH3 is 1. The summed E-state index contributed by atoms with van der Waals surface area (Å²) in [5, 5.41) is 6.94.